The highest BCUT2D eigenvalue weighted by Crippen LogP contribution is 2.32. The minimum absolute atomic E-state index is 0.731. The summed E-state index contributed by atoms with van der Waals surface area (Å²) in [6.45, 7) is 6.03. The van der Waals surface area contributed by atoms with Crippen LogP contribution in [0.2, 0.25) is 5.02 Å². The number of hydrogen-bond acceptors (Lipinski definition) is 2. The number of nitrogens with zero attached hydrogens (tertiary/aromatic N) is 3. The standard InChI is InChI=1S/C21H18ClN3/c1-13-9-10-17(12-19(13)22)25-21-20(15(3)24-25)18(11-14(2)23-21)16-7-5-4-6-8-16/h4-12H,1-3H3. The zero-order valence-electron chi connectivity index (χ0n) is 14.4. The molecule has 2 aromatic heterocycles. The van der Waals surface area contributed by atoms with Crippen LogP contribution in [0.3, 0.4) is 0 Å². The second-order valence-electron chi connectivity index (χ2n) is 6.31. The third-order valence-corrected chi connectivity index (χ3v) is 4.83. The van der Waals surface area contributed by atoms with E-state index in [1.165, 1.54) is 5.56 Å². The molecule has 124 valence electrons. The van der Waals surface area contributed by atoms with Crippen molar-refractivity contribution in [1.29, 1.82) is 0 Å². The maximum Gasteiger partial charge on any atom is 0.164 e. The van der Waals surface area contributed by atoms with Crippen LogP contribution in [0.15, 0.2) is 54.6 Å². The van der Waals surface area contributed by atoms with Crippen LogP contribution in [0.1, 0.15) is 17.0 Å². The van der Waals surface area contributed by atoms with E-state index in [2.05, 4.69) is 30.3 Å². The van der Waals surface area contributed by atoms with E-state index in [0.29, 0.717) is 0 Å². The number of aromatic nitrogens is 3. The van der Waals surface area contributed by atoms with Gasteiger partial charge in [0.05, 0.1) is 16.8 Å². The molecule has 3 nitrogen and oxygen atoms in total. The topological polar surface area (TPSA) is 30.7 Å². The summed E-state index contributed by atoms with van der Waals surface area (Å²) >= 11 is 6.32. The monoisotopic (exact) mass is 347 g/mol. The van der Waals surface area contributed by atoms with Gasteiger partial charge in [0.2, 0.25) is 0 Å². The van der Waals surface area contributed by atoms with Gasteiger partial charge < -0.3 is 0 Å². The summed E-state index contributed by atoms with van der Waals surface area (Å²) in [5, 5.41) is 6.56. The minimum atomic E-state index is 0.731. The molecule has 2 heterocycles. The van der Waals surface area contributed by atoms with Crippen LogP contribution >= 0.6 is 11.6 Å². The highest BCUT2D eigenvalue weighted by Gasteiger charge is 2.16. The zero-order chi connectivity index (χ0) is 17.6. The number of rotatable bonds is 2. The van der Waals surface area contributed by atoms with Gasteiger partial charge in [0.1, 0.15) is 0 Å². The fraction of sp³-hybridized carbons (Fsp3) is 0.143. The SMILES string of the molecule is Cc1cc(-c2ccccc2)c2c(C)nn(-c3ccc(C)c(Cl)c3)c2n1. The maximum absolute atomic E-state index is 6.32. The molecule has 0 aliphatic heterocycles. The Balaban J connectivity index is 2.03. The molecule has 0 unspecified atom stereocenters. The molecule has 25 heavy (non-hydrogen) atoms. The minimum Gasteiger partial charge on any atom is -0.233 e. The molecule has 0 N–H and O–H groups in total. The van der Waals surface area contributed by atoms with E-state index in [0.717, 1.165) is 44.3 Å². The summed E-state index contributed by atoms with van der Waals surface area (Å²) in [7, 11) is 0. The number of benzene rings is 2. The quantitative estimate of drug-likeness (QED) is 0.468. The Kier molecular flexibility index (Phi) is 3.81. The van der Waals surface area contributed by atoms with E-state index in [1.54, 1.807) is 0 Å². The van der Waals surface area contributed by atoms with Crippen molar-refractivity contribution in [3.8, 4) is 16.8 Å². The fourth-order valence-electron chi connectivity index (χ4n) is 3.15. The summed E-state index contributed by atoms with van der Waals surface area (Å²) in [6.07, 6.45) is 0. The highest BCUT2D eigenvalue weighted by atomic mass is 35.5. The molecule has 4 rings (SSSR count). The molecule has 0 bridgehead atoms. The lowest BCUT2D eigenvalue weighted by Crippen LogP contribution is -1.99. The summed E-state index contributed by atoms with van der Waals surface area (Å²) in [5.41, 5.74) is 7.08. The van der Waals surface area contributed by atoms with Gasteiger partial charge in [-0.15, -0.1) is 0 Å². The van der Waals surface area contributed by atoms with Gasteiger partial charge in [0.15, 0.2) is 5.65 Å². The second kappa shape index (κ2) is 6.01. The molecule has 0 aliphatic carbocycles. The van der Waals surface area contributed by atoms with Crippen molar-refractivity contribution < 1.29 is 0 Å². The Morgan fingerprint density at radius 3 is 2.40 bits per heavy atom. The average Bonchev–Trinajstić information content (AvgIpc) is 2.94. The van der Waals surface area contributed by atoms with Crippen LogP contribution in [-0.4, -0.2) is 14.8 Å². The third-order valence-electron chi connectivity index (χ3n) is 4.43. The largest absolute Gasteiger partial charge is 0.233 e. The van der Waals surface area contributed by atoms with E-state index < -0.39 is 0 Å². The molecule has 0 saturated heterocycles. The van der Waals surface area contributed by atoms with Crippen molar-refractivity contribution in [2.24, 2.45) is 0 Å². The fourth-order valence-corrected chi connectivity index (χ4v) is 3.33. The van der Waals surface area contributed by atoms with Crippen LogP contribution in [0.5, 0.6) is 0 Å². The normalized spacial score (nSPS) is 11.2. The van der Waals surface area contributed by atoms with Crippen LogP contribution in [0, 0.1) is 20.8 Å². The summed E-state index contributed by atoms with van der Waals surface area (Å²) < 4.78 is 1.88. The van der Waals surface area contributed by atoms with Gasteiger partial charge in [-0.25, -0.2) is 9.67 Å². The lowest BCUT2D eigenvalue weighted by atomic mass is 10.0. The number of pyridine rings is 1. The Labute approximate surface area is 151 Å². The van der Waals surface area contributed by atoms with Crippen LogP contribution in [-0.2, 0) is 0 Å². The smallest absolute Gasteiger partial charge is 0.164 e. The lowest BCUT2D eigenvalue weighted by Gasteiger charge is -2.08. The van der Waals surface area contributed by atoms with E-state index in [1.807, 2.05) is 49.7 Å². The van der Waals surface area contributed by atoms with Crippen LogP contribution in [0.4, 0.5) is 0 Å². The Bertz CT molecular complexity index is 1080. The summed E-state index contributed by atoms with van der Waals surface area (Å²) in [5.74, 6) is 0. The van der Waals surface area contributed by atoms with Gasteiger partial charge in [-0.2, -0.15) is 5.10 Å². The van der Waals surface area contributed by atoms with Gasteiger partial charge >= 0.3 is 0 Å². The van der Waals surface area contributed by atoms with E-state index >= 15 is 0 Å². The molecule has 0 amide bonds. The molecule has 0 atom stereocenters. The first-order chi connectivity index (χ1) is 12.0. The van der Waals surface area contributed by atoms with E-state index in [-0.39, 0.29) is 0 Å². The van der Waals surface area contributed by atoms with Crippen molar-refractivity contribution >= 4 is 22.6 Å². The first-order valence-corrected chi connectivity index (χ1v) is 8.61. The molecule has 0 fully saturated rings. The summed E-state index contributed by atoms with van der Waals surface area (Å²) in [4.78, 5) is 4.77. The van der Waals surface area contributed by atoms with E-state index in [4.69, 9.17) is 21.7 Å². The molecular formula is C21H18ClN3. The molecule has 0 saturated carbocycles. The van der Waals surface area contributed by atoms with Crippen molar-refractivity contribution in [2.45, 2.75) is 20.8 Å². The number of aryl methyl sites for hydroxylation is 3. The maximum atomic E-state index is 6.32. The number of fused-ring (bicyclic) bond motifs is 1. The molecule has 0 aliphatic rings. The van der Waals surface area contributed by atoms with Crippen LogP contribution < -0.4 is 0 Å². The Morgan fingerprint density at radius 1 is 0.920 bits per heavy atom. The predicted octanol–water partition coefficient (Wildman–Crippen LogP) is 5.67. The predicted molar refractivity (Wildman–Crippen MR) is 104 cm³/mol. The second-order valence-corrected chi connectivity index (χ2v) is 6.71. The van der Waals surface area contributed by atoms with Crippen molar-refractivity contribution in [3.63, 3.8) is 0 Å². The van der Waals surface area contributed by atoms with Crippen LogP contribution in [0.25, 0.3) is 27.8 Å². The molecule has 0 spiro atoms. The third kappa shape index (κ3) is 2.71. The Hall–Kier alpha value is -2.65. The average molecular weight is 348 g/mol. The molecule has 4 heteroatoms. The lowest BCUT2D eigenvalue weighted by molar-refractivity contribution is 0.875. The number of halogens is 1. The van der Waals surface area contributed by atoms with Gasteiger partial charge in [0, 0.05) is 10.7 Å². The van der Waals surface area contributed by atoms with Gasteiger partial charge in [0.25, 0.3) is 0 Å². The molecule has 4 aromatic rings. The first kappa shape index (κ1) is 15.9. The van der Waals surface area contributed by atoms with Gasteiger partial charge in [-0.3, -0.25) is 0 Å². The van der Waals surface area contributed by atoms with Crippen molar-refractivity contribution in [2.75, 3.05) is 0 Å². The molecule has 0 radical (unpaired) electrons. The highest BCUT2D eigenvalue weighted by molar-refractivity contribution is 6.31. The zero-order valence-corrected chi connectivity index (χ0v) is 15.2. The van der Waals surface area contributed by atoms with Crippen molar-refractivity contribution in [1.82, 2.24) is 14.8 Å². The first-order valence-electron chi connectivity index (χ1n) is 8.23. The number of hydrogen-bond donors (Lipinski definition) is 0. The molecule has 2 aromatic carbocycles. The van der Waals surface area contributed by atoms with E-state index in [9.17, 15) is 0 Å². The summed E-state index contributed by atoms with van der Waals surface area (Å²) in [6, 6.07) is 18.5. The van der Waals surface area contributed by atoms with Gasteiger partial charge in [-0.1, -0.05) is 48.0 Å². The Morgan fingerprint density at radius 2 is 1.68 bits per heavy atom. The van der Waals surface area contributed by atoms with Gasteiger partial charge in [-0.05, 0) is 55.7 Å². The van der Waals surface area contributed by atoms with Crippen molar-refractivity contribution in [3.05, 3.63) is 76.6 Å². The molecular weight excluding hydrogens is 330 g/mol.